The van der Waals surface area contributed by atoms with Gasteiger partial charge < -0.3 is 5.32 Å². The fourth-order valence-electron chi connectivity index (χ4n) is 4.59. The van der Waals surface area contributed by atoms with Gasteiger partial charge in [0.2, 0.25) is 0 Å². The second-order valence-corrected chi connectivity index (χ2v) is 10.6. The van der Waals surface area contributed by atoms with Crippen LogP contribution in [0.5, 0.6) is 0 Å². The molecule has 0 saturated carbocycles. The number of halogens is 2. The van der Waals surface area contributed by atoms with Gasteiger partial charge in [0.15, 0.2) is 5.13 Å². The van der Waals surface area contributed by atoms with Crippen molar-refractivity contribution in [3.63, 3.8) is 0 Å². The Kier molecular flexibility index (Phi) is 6.63. The van der Waals surface area contributed by atoms with E-state index in [2.05, 4.69) is 41.2 Å². The molecule has 1 N–H and O–H groups in total. The van der Waals surface area contributed by atoms with Crippen molar-refractivity contribution in [1.29, 1.82) is 0 Å². The predicted octanol–water partition coefficient (Wildman–Crippen LogP) is 6.40. The third-order valence-electron chi connectivity index (χ3n) is 6.89. The highest BCUT2D eigenvalue weighted by molar-refractivity contribution is 7.10. The summed E-state index contributed by atoms with van der Waals surface area (Å²) in [7, 11) is 0. The zero-order valence-corrected chi connectivity index (χ0v) is 19.8. The lowest BCUT2D eigenvalue weighted by Crippen LogP contribution is -2.43. The van der Waals surface area contributed by atoms with E-state index in [0.717, 1.165) is 55.2 Å². The molecule has 170 valence electrons. The Morgan fingerprint density at radius 3 is 2.53 bits per heavy atom. The normalized spacial score (nSPS) is 19.4. The first-order valence-corrected chi connectivity index (χ1v) is 12.0. The minimum absolute atomic E-state index is 0.0459. The summed E-state index contributed by atoms with van der Waals surface area (Å²) in [5.41, 5.74) is 3.07. The van der Waals surface area contributed by atoms with Crippen LogP contribution in [-0.4, -0.2) is 29.5 Å². The largest absolute Gasteiger partial charge is 0.384 e. The molecule has 0 aliphatic carbocycles. The van der Waals surface area contributed by atoms with E-state index in [0.29, 0.717) is 0 Å². The van der Waals surface area contributed by atoms with Crippen molar-refractivity contribution in [1.82, 2.24) is 9.88 Å². The molecule has 1 saturated heterocycles. The molecule has 1 fully saturated rings. The topological polar surface area (TPSA) is 28.2 Å². The lowest BCUT2D eigenvalue weighted by atomic mass is 9.81. The van der Waals surface area contributed by atoms with Gasteiger partial charge in [-0.1, -0.05) is 6.07 Å². The zero-order chi connectivity index (χ0) is 22.8. The standard InChI is InChI=1S/C26H31F2N3S/c1-19-4-5-20(16-29-19)25(2,3)31-15-14-26(18-31,13-12-23-10-11-24(28)32-23)17-30-22-8-6-21(27)7-9-22/h4-11,16,30H,12-15,17-18H2,1-3H3. The van der Waals surface area contributed by atoms with Crippen LogP contribution in [0, 0.1) is 23.3 Å². The van der Waals surface area contributed by atoms with E-state index in [4.69, 9.17) is 0 Å². The fraction of sp³-hybridized carbons (Fsp3) is 0.423. The summed E-state index contributed by atoms with van der Waals surface area (Å²) >= 11 is 1.24. The average molecular weight is 456 g/mol. The molecule has 2 aromatic heterocycles. The van der Waals surface area contributed by atoms with Crippen molar-refractivity contribution >= 4 is 17.0 Å². The number of thiophene rings is 1. The summed E-state index contributed by atoms with van der Waals surface area (Å²) in [6.45, 7) is 9.26. The van der Waals surface area contributed by atoms with Crippen molar-refractivity contribution < 1.29 is 8.78 Å². The van der Waals surface area contributed by atoms with Crippen molar-refractivity contribution in [3.05, 3.63) is 81.8 Å². The average Bonchev–Trinajstić information content (AvgIpc) is 3.39. The first kappa shape index (κ1) is 22.9. The number of aryl methyl sites for hydroxylation is 2. The van der Waals surface area contributed by atoms with Crippen LogP contribution >= 0.6 is 11.3 Å². The van der Waals surface area contributed by atoms with Crippen LogP contribution in [-0.2, 0) is 12.0 Å². The molecule has 0 amide bonds. The zero-order valence-electron chi connectivity index (χ0n) is 19.0. The minimum atomic E-state index is -0.231. The van der Waals surface area contributed by atoms with E-state index < -0.39 is 0 Å². The van der Waals surface area contributed by atoms with Gasteiger partial charge in [0.05, 0.1) is 0 Å². The number of aromatic nitrogens is 1. The van der Waals surface area contributed by atoms with Crippen LogP contribution in [0.25, 0.3) is 0 Å². The number of pyridine rings is 1. The number of likely N-dealkylation sites (tertiary alicyclic amines) is 1. The van der Waals surface area contributed by atoms with Gasteiger partial charge in [-0.3, -0.25) is 9.88 Å². The van der Waals surface area contributed by atoms with E-state index in [-0.39, 0.29) is 21.9 Å². The molecule has 1 unspecified atom stereocenters. The van der Waals surface area contributed by atoms with E-state index in [1.807, 2.05) is 19.2 Å². The van der Waals surface area contributed by atoms with E-state index in [1.165, 1.54) is 29.0 Å². The first-order chi connectivity index (χ1) is 15.3. The SMILES string of the molecule is Cc1ccc(C(C)(C)N2CCC(CCc3ccc(F)s3)(CNc3ccc(F)cc3)C2)cn1. The summed E-state index contributed by atoms with van der Waals surface area (Å²) in [6, 6.07) is 14.2. The molecule has 3 heterocycles. The third kappa shape index (κ3) is 5.18. The number of hydrogen-bond acceptors (Lipinski definition) is 4. The quantitative estimate of drug-likeness (QED) is 0.426. The van der Waals surface area contributed by atoms with Crippen LogP contribution in [0.15, 0.2) is 54.7 Å². The van der Waals surface area contributed by atoms with Crippen LogP contribution in [0.1, 0.15) is 42.8 Å². The van der Waals surface area contributed by atoms with Gasteiger partial charge in [-0.2, -0.15) is 4.39 Å². The number of nitrogens with one attached hydrogen (secondary N) is 1. The molecule has 4 rings (SSSR count). The molecular weight excluding hydrogens is 424 g/mol. The maximum atomic E-state index is 13.5. The van der Waals surface area contributed by atoms with Crippen molar-refractivity contribution in [2.75, 3.05) is 25.0 Å². The summed E-state index contributed by atoms with van der Waals surface area (Å²) in [5, 5.41) is 3.41. The smallest absolute Gasteiger partial charge is 0.176 e. The van der Waals surface area contributed by atoms with Crippen molar-refractivity contribution in [2.24, 2.45) is 5.41 Å². The van der Waals surface area contributed by atoms with Gasteiger partial charge in [-0.05, 0) is 94.6 Å². The summed E-state index contributed by atoms with van der Waals surface area (Å²) < 4.78 is 26.8. The highest BCUT2D eigenvalue weighted by atomic mass is 32.1. The second kappa shape index (κ2) is 9.28. The molecule has 0 spiro atoms. The van der Waals surface area contributed by atoms with E-state index >= 15 is 0 Å². The molecule has 1 aromatic carbocycles. The molecule has 0 radical (unpaired) electrons. The lowest BCUT2D eigenvalue weighted by Gasteiger charge is -2.38. The van der Waals surface area contributed by atoms with Crippen LogP contribution < -0.4 is 5.32 Å². The monoisotopic (exact) mass is 455 g/mol. The lowest BCUT2D eigenvalue weighted by molar-refractivity contribution is 0.131. The summed E-state index contributed by atoms with van der Waals surface area (Å²) in [5.74, 6) is -0.231. The second-order valence-electron chi connectivity index (χ2n) is 9.49. The van der Waals surface area contributed by atoms with Gasteiger partial charge in [0.1, 0.15) is 5.82 Å². The Hall–Kier alpha value is -2.31. The van der Waals surface area contributed by atoms with Crippen LogP contribution in [0.2, 0.25) is 0 Å². The molecule has 0 bridgehead atoms. The maximum absolute atomic E-state index is 13.5. The Bertz CT molecular complexity index is 1030. The molecular formula is C26H31F2N3S. The van der Waals surface area contributed by atoms with Gasteiger partial charge in [-0.25, -0.2) is 4.39 Å². The summed E-state index contributed by atoms with van der Waals surface area (Å²) in [4.78, 5) is 8.14. The Morgan fingerprint density at radius 2 is 1.88 bits per heavy atom. The van der Waals surface area contributed by atoms with Gasteiger partial charge in [-0.15, -0.1) is 11.3 Å². The number of anilines is 1. The molecule has 32 heavy (non-hydrogen) atoms. The fourth-order valence-corrected chi connectivity index (χ4v) is 5.32. The first-order valence-electron chi connectivity index (χ1n) is 11.2. The molecule has 6 heteroatoms. The highest BCUT2D eigenvalue weighted by Gasteiger charge is 2.43. The van der Waals surface area contributed by atoms with Crippen LogP contribution in [0.3, 0.4) is 0 Å². The Morgan fingerprint density at radius 1 is 1.09 bits per heavy atom. The predicted molar refractivity (Wildman–Crippen MR) is 128 cm³/mol. The number of benzene rings is 1. The number of hydrogen-bond donors (Lipinski definition) is 1. The van der Waals surface area contributed by atoms with E-state index in [1.54, 1.807) is 18.2 Å². The van der Waals surface area contributed by atoms with Crippen molar-refractivity contribution in [2.45, 2.75) is 45.6 Å². The van der Waals surface area contributed by atoms with Crippen molar-refractivity contribution in [3.8, 4) is 0 Å². The molecule has 1 aliphatic rings. The molecule has 1 atom stereocenters. The highest BCUT2D eigenvalue weighted by Crippen LogP contribution is 2.42. The van der Waals surface area contributed by atoms with Gasteiger partial charge >= 0.3 is 0 Å². The summed E-state index contributed by atoms with van der Waals surface area (Å²) in [6.07, 6.45) is 4.87. The third-order valence-corrected chi connectivity index (χ3v) is 7.82. The van der Waals surface area contributed by atoms with Gasteiger partial charge in [0.25, 0.3) is 0 Å². The number of rotatable bonds is 8. The van der Waals surface area contributed by atoms with E-state index in [9.17, 15) is 8.78 Å². The Labute approximate surface area is 193 Å². The number of nitrogens with zero attached hydrogens (tertiary/aromatic N) is 2. The molecule has 3 nitrogen and oxygen atoms in total. The van der Waals surface area contributed by atoms with Gasteiger partial charge in [0, 0.05) is 46.5 Å². The molecule has 3 aromatic rings. The Balaban J connectivity index is 1.51. The minimum Gasteiger partial charge on any atom is -0.384 e. The molecule has 1 aliphatic heterocycles. The maximum Gasteiger partial charge on any atom is 0.176 e. The van der Waals surface area contributed by atoms with Crippen LogP contribution in [0.4, 0.5) is 14.5 Å².